The number of piperazine rings is 1. The summed E-state index contributed by atoms with van der Waals surface area (Å²) in [7, 11) is 0. The number of aromatic nitrogens is 1. The third-order valence-electron chi connectivity index (χ3n) is 5.57. The lowest BCUT2D eigenvalue weighted by atomic mass is 10.1. The number of benzene rings is 2. The van der Waals surface area contributed by atoms with Gasteiger partial charge in [-0.1, -0.05) is 12.1 Å². The van der Waals surface area contributed by atoms with Crippen molar-refractivity contribution < 1.29 is 14.3 Å². The molecule has 0 N–H and O–H groups in total. The predicted octanol–water partition coefficient (Wildman–Crippen LogP) is 4.33. The molecule has 2 aromatic carbocycles. The summed E-state index contributed by atoms with van der Waals surface area (Å²) in [6.07, 6.45) is 3.48. The summed E-state index contributed by atoms with van der Waals surface area (Å²) >= 11 is 0. The van der Waals surface area contributed by atoms with Gasteiger partial charge in [0.15, 0.2) is 11.5 Å². The Morgan fingerprint density at radius 3 is 2.44 bits per heavy atom. The van der Waals surface area contributed by atoms with Gasteiger partial charge in [0, 0.05) is 49.8 Å². The highest BCUT2D eigenvalue weighted by atomic mass is 16.5. The van der Waals surface area contributed by atoms with Gasteiger partial charge in [-0.3, -0.25) is 9.78 Å². The van der Waals surface area contributed by atoms with E-state index in [0.29, 0.717) is 43.4 Å². The van der Waals surface area contributed by atoms with Gasteiger partial charge >= 0.3 is 0 Å². The van der Waals surface area contributed by atoms with Crippen molar-refractivity contribution in [1.29, 1.82) is 0 Å². The number of aryl methyl sites for hydroxylation is 1. The van der Waals surface area contributed by atoms with E-state index >= 15 is 0 Å². The average molecular weight is 432 g/mol. The first-order valence-electron chi connectivity index (χ1n) is 11.0. The second-order valence-electron chi connectivity index (χ2n) is 7.86. The molecule has 1 aliphatic rings. The van der Waals surface area contributed by atoms with Crippen LogP contribution in [0.5, 0.6) is 11.5 Å². The molecule has 1 fully saturated rings. The zero-order valence-corrected chi connectivity index (χ0v) is 18.7. The number of carbonyl (C=O) groups is 1. The number of nitrogens with zero attached hydrogens (tertiary/aromatic N) is 3. The number of carbonyl (C=O) groups excluding carboxylic acids is 1. The van der Waals surface area contributed by atoms with Gasteiger partial charge in [-0.15, -0.1) is 0 Å². The summed E-state index contributed by atoms with van der Waals surface area (Å²) in [5, 5.41) is 0. The molecule has 6 heteroatoms. The van der Waals surface area contributed by atoms with Gasteiger partial charge in [0.1, 0.15) is 6.61 Å². The monoisotopic (exact) mass is 431 g/mol. The molecule has 0 saturated carbocycles. The minimum Gasteiger partial charge on any atom is -0.490 e. The van der Waals surface area contributed by atoms with Crippen molar-refractivity contribution in [2.75, 3.05) is 37.7 Å². The van der Waals surface area contributed by atoms with Crippen LogP contribution < -0.4 is 14.4 Å². The Hall–Kier alpha value is -3.54. The van der Waals surface area contributed by atoms with E-state index in [1.165, 1.54) is 11.3 Å². The molecule has 0 aliphatic carbocycles. The Labute approximate surface area is 189 Å². The van der Waals surface area contributed by atoms with E-state index in [1.54, 1.807) is 18.5 Å². The predicted molar refractivity (Wildman–Crippen MR) is 125 cm³/mol. The highest BCUT2D eigenvalue weighted by Crippen LogP contribution is 2.30. The lowest BCUT2D eigenvalue weighted by molar-refractivity contribution is 0.0746. The number of hydrogen-bond acceptors (Lipinski definition) is 5. The van der Waals surface area contributed by atoms with Crippen LogP contribution in [-0.2, 0) is 6.61 Å². The summed E-state index contributed by atoms with van der Waals surface area (Å²) in [5.74, 6) is 1.24. The van der Waals surface area contributed by atoms with Crippen LogP contribution in [0.25, 0.3) is 0 Å². The second kappa shape index (κ2) is 10.2. The van der Waals surface area contributed by atoms with Crippen LogP contribution in [0.3, 0.4) is 0 Å². The van der Waals surface area contributed by atoms with Crippen molar-refractivity contribution in [3.05, 3.63) is 83.7 Å². The Balaban J connectivity index is 1.41. The summed E-state index contributed by atoms with van der Waals surface area (Å²) in [6.45, 7) is 7.96. The number of ether oxygens (including phenoxy) is 2. The lowest BCUT2D eigenvalue weighted by Crippen LogP contribution is -2.48. The molecule has 0 unspecified atom stereocenters. The molecular weight excluding hydrogens is 402 g/mol. The Morgan fingerprint density at radius 2 is 1.72 bits per heavy atom. The van der Waals surface area contributed by atoms with Gasteiger partial charge in [-0.25, -0.2) is 0 Å². The first-order valence-corrected chi connectivity index (χ1v) is 11.0. The highest BCUT2D eigenvalue weighted by Gasteiger charge is 2.23. The summed E-state index contributed by atoms with van der Waals surface area (Å²) in [4.78, 5) is 21.4. The molecule has 0 radical (unpaired) electrons. The number of pyridine rings is 1. The molecular formula is C26H29N3O3. The van der Waals surface area contributed by atoms with E-state index in [4.69, 9.17) is 9.47 Å². The fourth-order valence-electron chi connectivity index (χ4n) is 3.84. The number of hydrogen-bond donors (Lipinski definition) is 0. The van der Waals surface area contributed by atoms with E-state index in [0.717, 1.165) is 18.7 Å². The normalized spacial score (nSPS) is 13.7. The molecule has 1 saturated heterocycles. The Bertz CT molecular complexity index is 1050. The van der Waals surface area contributed by atoms with Crippen molar-refractivity contribution in [2.45, 2.75) is 20.5 Å². The molecule has 0 atom stereocenters. The standard InChI is InChI=1S/C26H29N3O3/c1-3-31-25-18-22(7-8-24(25)32-19-21-9-11-27-12-10-21)26(30)29-15-13-28(14-16-29)23-6-4-5-20(2)17-23/h4-12,17-18H,3,13-16,19H2,1-2H3. The van der Waals surface area contributed by atoms with Gasteiger partial charge in [-0.05, 0) is 67.4 Å². The topological polar surface area (TPSA) is 54.9 Å². The van der Waals surface area contributed by atoms with Gasteiger partial charge in [-0.2, -0.15) is 0 Å². The molecule has 1 amide bonds. The van der Waals surface area contributed by atoms with E-state index in [9.17, 15) is 4.79 Å². The third-order valence-corrected chi connectivity index (χ3v) is 5.57. The van der Waals surface area contributed by atoms with Crippen molar-refractivity contribution in [2.24, 2.45) is 0 Å². The maximum atomic E-state index is 13.1. The average Bonchev–Trinajstić information content (AvgIpc) is 2.84. The SMILES string of the molecule is CCOc1cc(C(=O)N2CCN(c3cccc(C)c3)CC2)ccc1OCc1ccncc1. The van der Waals surface area contributed by atoms with Gasteiger partial charge < -0.3 is 19.3 Å². The fourth-order valence-corrected chi connectivity index (χ4v) is 3.84. The third kappa shape index (κ3) is 5.19. The Morgan fingerprint density at radius 1 is 0.938 bits per heavy atom. The smallest absolute Gasteiger partial charge is 0.254 e. The zero-order chi connectivity index (χ0) is 22.3. The molecule has 6 nitrogen and oxygen atoms in total. The zero-order valence-electron chi connectivity index (χ0n) is 18.7. The largest absolute Gasteiger partial charge is 0.490 e. The fraction of sp³-hybridized carbons (Fsp3) is 0.308. The van der Waals surface area contributed by atoms with E-state index in [1.807, 2.05) is 36.1 Å². The van der Waals surface area contributed by atoms with Crippen LogP contribution in [0.2, 0.25) is 0 Å². The summed E-state index contributed by atoms with van der Waals surface area (Å²) in [5.41, 5.74) is 4.10. The number of amides is 1. The second-order valence-corrected chi connectivity index (χ2v) is 7.86. The van der Waals surface area contributed by atoms with Gasteiger partial charge in [0.05, 0.1) is 6.61 Å². The van der Waals surface area contributed by atoms with Gasteiger partial charge in [0.25, 0.3) is 5.91 Å². The minimum absolute atomic E-state index is 0.0236. The van der Waals surface area contributed by atoms with Crippen molar-refractivity contribution in [1.82, 2.24) is 9.88 Å². The van der Waals surface area contributed by atoms with Crippen LogP contribution >= 0.6 is 0 Å². The van der Waals surface area contributed by atoms with E-state index in [-0.39, 0.29) is 5.91 Å². The Kier molecular flexibility index (Phi) is 6.90. The molecule has 32 heavy (non-hydrogen) atoms. The van der Waals surface area contributed by atoms with Crippen molar-refractivity contribution >= 4 is 11.6 Å². The molecule has 2 heterocycles. The molecule has 1 aliphatic heterocycles. The first-order chi connectivity index (χ1) is 15.6. The van der Waals surface area contributed by atoms with Crippen LogP contribution in [0.4, 0.5) is 5.69 Å². The number of anilines is 1. The maximum absolute atomic E-state index is 13.1. The summed E-state index contributed by atoms with van der Waals surface area (Å²) in [6, 6.07) is 17.8. The molecule has 1 aromatic heterocycles. The first kappa shape index (κ1) is 21.7. The molecule has 166 valence electrons. The molecule has 0 spiro atoms. The van der Waals surface area contributed by atoms with Crippen molar-refractivity contribution in [3.63, 3.8) is 0 Å². The summed E-state index contributed by atoms with van der Waals surface area (Å²) < 4.78 is 11.7. The number of rotatable bonds is 7. The van der Waals surface area contributed by atoms with Crippen LogP contribution in [0.1, 0.15) is 28.4 Å². The quantitative estimate of drug-likeness (QED) is 0.557. The molecule has 4 rings (SSSR count). The molecule has 3 aromatic rings. The van der Waals surface area contributed by atoms with E-state index < -0.39 is 0 Å². The van der Waals surface area contributed by atoms with Crippen molar-refractivity contribution in [3.8, 4) is 11.5 Å². The maximum Gasteiger partial charge on any atom is 0.254 e. The van der Waals surface area contributed by atoms with Crippen LogP contribution in [-0.4, -0.2) is 48.6 Å². The van der Waals surface area contributed by atoms with Gasteiger partial charge in [0.2, 0.25) is 0 Å². The van der Waals surface area contributed by atoms with E-state index in [2.05, 4.69) is 41.1 Å². The molecule has 0 bridgehead atoms. The van der Waals surface area contributed by atoms with Crippen LogP contribution in [0.15, 0.2) is 67.0 Å². The minimum atomic E-state index is 0.0236. The lowest BCUT2D eigenvalue weighted by Gasteiger charge is -2.36. The van der Waals surface area contributed by atoms with Crippen LogP contribution in [0, 0.1) is 6.92 Å². The highest BCUT2D eigenvalue weighted by molar-refractivity contribution is 5.95.